The maximum atomic E-state index is 10.9. The fourth-order valence-corrected chi connectivity index (χ4v) is 2.05. The zero-order chi connectivity index (χ0) is 14.7. The highest BCUT2D eigenvalue weighted by molar-refractivity contribution is 5.87. The van der Waals surface area contributed by atoms with E-state index in [-0.39, 0.29) is 5.56 Å². The first-order chi connectivity index (χ1) is 10.2. The summed E-state index contributed by atoms with van der Waals surface area (Å²) in [6.45, 7) is 0.423. The van der Waals surface area contributed by atoms with Gasteiger partial charge in [-0.15, -0.1) is 0 Å². The lowest BCUT2D eigenvalue weighted by Crippen LogP contribution is -2.05. The van der Waals surface area contributed by atoms with Crippen molar-refractivity contribution in [1.82, 2.24) is 9.97 Å². The van der Waals surface area contributed by atoms with Crippen molar-refractivity contribution in [2.45, 2.75) is 6.54 Å². The van der Waals surface area contributed by atoms with E-state index < -0.39 is 5.97 Å². The third kappa shape index (κ3) is 2.97. The van der Waals surface area contributed by atoms with Crippen LogP contribution in [0, 0.1) is 0 Å². The number of benzene rings is 1. The molecule has 104 valence electrons. The Balaban J connectivity index is 1.77. The number of carbonyl (C=O) groups is 1. The zero-order valence-corrected chi connectivity index (χ0v) is 11.2. The Morgan fingerprint density at radius 3 is 2.86 bits per heavy atom. The van der Waals surface area contributed by atoms with Gasteiger partial charge in [-0.2, -0.15) is 0 Å². The standard InChI is InChI=1S/C16H13N3O2/c20-16(21)12-7-8-17-13(9-12)10-18-15-6-5-11-3-1-2-4-14(11)19-15/h1-9H,10H2,(H,18,19)(H,20,21). The van der Waals surface area contributed by atoms with Gasteiger partial charge in [0.05, 0.1) is 23.3 Å². The predicted octanol–water partition coefficient (Wildman–Crippen LogP) is 2.94. The molecule has 21 heavy (non-hydrogen) atoms. The highest BCUT2D eigenvalue weighted by atomic mass is 16.4. The summed E-state index contributed by atoms with van der Waals surface area (Å²) in [5, 5.41) is 13.2. The molecule has 0 aliphatic rings. The van der Waals surface area contributed by atoms with Gasteiger partial charge in [0, 0.05) is 11.6 Å². The molecule has 5 nitrogen and oxygen atoms in total. The second kappa shape index (κ2) is 5.58. The molecule has 0 unspecified atom stereocenters. The van der Waals surface area contributed by atoms with Crippen molar-refractivity contribution in [3.8, 4) is 0 Å². The SMILES string of the molecule is O=C(O)c1ccnc(CNc2ccc3ccccc3n2)c1. The molecule has 0 atom stereocenters. The van der Waals surface area contributed by atoms with Crippen LogP contribution in [0.5, 0.6) is 0 Å². The lowest BCUT2D eigenvalue weighted by molar-refractivity contribution is 0.0696. The van der Waals surface area contributed by atoms with E-state index in [0.29, 0.717) is 12.2 Å². The van der Waals surface area contributed by atoms with Crippen LogP contribution in [0.2, 0.25) is 0 Å². The van der Waals surface area contributed by atoms with Crippen molar-refractivity contribution in [3.05, 3.63) is 66.0 Å². The Morgan fingerprint density at radius 2 is 2.00 bits per heavy atom. The molecule has 0 saturated heterocycles. The van der Waals surface area contributed by atoms with Gasteiger partial charge in [-0.25, -0.2) is 9.78 Å². The van der Waals surface area contributed by atoms with Crippen molar-refractivity contribution >= 4 is 22.7 Å². The number of carboxylic acids is 1. The van der Waals surface area contributed by atoms with Gasteiger partial charge >= 0.3 is 5.97 Å². The number of nitrogens with zero attached hydrogens (tertiary/aromatic N) is 2. The molecule has 2 N–H and O–H groups in total. The zero-order valence-electron chi connectivity index (χ0n) is 11.2. The number of fused-ring (bicyclic) bond motifs is 1. The van der Waals surface area contributed by atoms with E-state index in [1.165, 1.54) is 12.3 Å². The maximum Gasteiger partial charge on any atom is 0.335 e. The van der Waals surface area contributed by atoms with Crippen molar-refractivity contribution in [1.29, 1.82) is 0 Å². The molecule has 0 aliphatic heterocycles. The van der Waals surface area contributed by atoms with E-state index in [1.54, 1.807) is 6.07 Å². The van der Waals surface area contributed by atoms with E-state index in [1.807, 2.05) is 36.4 Å². The smallest absolute Gasteiger partial charge is 0.335 e. The maximum absolute atomic E-state index is 10.9. The van der Waals surface area contributed by atoms with E-state index in [0.717, 1.165) is 16.7 Å². The number of nitrogens with one attached hydrogen (secondary N) is 1. The minimum atomic E-state index is -0.956. The first kappa shape index (κ1) is 13.1. The van der Waals surface area contributed by atoms with Crippen LogP contribution >= 0.6 is 0 Å². The number of rotatable bonds is 4. The Hall–Kier alpha value is -2.95. The molecule has 0 radical (unpaired) electrons. The average Bonchev–Trinajstić information content (AvgIpc) is 2.53. The largest absolute Gasteiger partial charge is 0.478 e. The highest BCUT2D eigenvalue weighted by Gasteiger charge is 2.04. The van der Waals surface area contributed by atoms with Crippen LogP contribution in [0.25, 0.3) is 10.9 Å². The molecule has 0 bridgehead atoms. The average molecular weight is 279 g/mol. The summed E-state index contributed by atoms with van der Waals surface area (Å²) in [5.74, 6) is -0.223. The number of para-hydroxylation sites is 1. The molecule has 0 amide bonds. The van der Waals surface area contributed by atoms with Gasteiger partial charge in [0.1, 0.15) is 5.82 Å². The van der Waals surface area contributed by atoms with Crippen LogP contribution in [0.15, 0.2) is 54.7 Å². The summed E-state index contributed by atoms with van der Waals surface area (Å²) in [6.07, 6.45) is 1.49. The Morgan fingerprint density at radius 1 is 1.14 bits per heavy atom. The monoisotopic (exact) mass is 279 g/mol. The molecule has 2 heterocycles. The van der Waals surface area contributed by atoms with Crippen LogP contribution < -0.4 is 5.32 Å². The molecule has 0 saturated carbocycles. The van der Waals surface area contributed by atoms with Crippen molar-refractivity contribution in [2.75, 3.05) is 5.32 Å². The molecule has 0 aliphatic carbocycles. The van der Waals surface area contributed by atoms with Crippen LogP contribution in [0.1, 0.15) is 16.1 Å². The fourth-order valence-electron chi connectivity index (χ4n) is 2.05. The summed E-state index contributed by atoms with van der Waals surface area (Å²) in [7, 11) is 0. The Bertz CT molecular complexity index is 802. The third-order valence-corrected chi connectivity index (χ3v) is 3.11. The van der Waals surface area contributed by atoms with E-state index in [9.17, 15) is 4.79 Å². The van der Waals surface area contributed by atoms with E-state index >= 15 is 0 Å². The summed E-state index contributed by atoms with van der Waals surface area (Å²) in [5.41, 5.74) is 1.80. The fraction of sp³-hybridized carbons (Fsp3) is 0.0625. The number of anilines is 1. The summed E-state index contributed by atoms with van der Waals surface area (Å²) in [6, 6.07) is 14.8. The summed E-state index contributed by atoms with van der Waals surface area (Å²) >= 11 is 0. The molecular formula is C16H13N3O2. The van der Waals surface area contributed by atoms with Gasteiger partial charge in [-0.1, -0.05) is 18.2 Å². The molecule has 0 spiro atoms. The number of aromatic carboxylic acids is 1. The lowest BCUT2D eigenvalue weighted by Gasteiger charge is -2.07. The number of hydrogen-bond donors (Lipinski definition) is 2. The molecule has 3 rings (SSSR count). The second-order valence-corrected chi connectivity index (χ2v) is 4.58. The predicted molar refractivity (Wildman–Crippen MR) is 80.3 cm³/mol. The Labute approximate surface area is 121 Å². The van der Waals surface area contributed by atoms with Crippen molar-refractivity contribution < 1.29 is 9.90 Å². The Kier molecular flexibility index (Phi) is 3.47. The summed E-state index contributed by atoms with van der Waals surface area (Å²) in [4.78, 5) is 19.6. The van der Waals surface area contributed by atoms with E-state index in [4.69, 9.17) is 5.11 Å². The first-order valence-corrected chi connectivity index (χ1v) is 6.50. The van der Waals surface area contributed by atoms with Crippen LogP contribution in [0.3, 0.4) is 0 Å². The highest BCUT2D eigenvalue weighted by Crippen LogP contribution is 2.15. The normalized spacial score (nSPS) is 10.5. The quantitative estimate of drug-likeness (QED) is 0.768. The van der Waals surface area contributed by atoms with Gasteiger partial charge in [0.15, 0.2) is 0 Å². The number of pyridine rings is 2. The van der Waals surface area contributed by atoms with Gasteiger partial charge < -0.3 is 10.4 Å². The first-order valence-electron chi connectivity index (χ1n) is 6.50. The molecule has 5 heteroatoms. The van der Waals surface area contributed by atoms with Crippen LogP contribution in [-0.2, 0) is 6.54 Å². The molecule has 1 aromatic carbocycles. The topological polar surface area (TPSA) is 75.1 Å². The van der Waals surface area contributed by atoms with Gasteiger partial charge in [-0.3, -0.25) is 4.98 Å². The minimum Gasteiger partial charge on any atom is -0.478 e. The third-order valence-electron chi connectivity index (χ3n) is 3.11. The summed E-state index contributed by atoms with van der Waals surface area (Å²) < 4.78 is 0. The molecule has 2 aromatic heterocycles. The second-order valence-electron chi connectivity index (χ2n) is 4.58. The van der Waals surface area contributed by atoms with Crippen molar-refractivity contribution in [3.63, 3.8) is 0 Å². The lowest BCUT2D eigenvalue weighted by atomic mass is 10.2. The van der Waals surface area contributed by atoms with E-state index in [2.05, 4.69) is 15.3 Å². The van der Waals surface area contributed by atoms with Crippen LogP contribution in [-0.4, -0.2) is 21.0 Å². The number of hydrogen-bond acceptors (Lipinski definition) is 4. The number of aromatic nitrogens is 2. The van der Waals surface area contributed by atoms with Gasteiger partial charge in [0.2, 0.25) is 0 Å². The molecular weight excluding hydrogens is 266 g/mol. The van der Waals surface area contributed by atoms with Crippen LogP contribution in [0.4, 0.5) is 5.82 Å². The molecule has 3 aromatic rings. The van der Waals surface area contributed by atoms with Gasteiger partial charge in [0.25, 0.3) is 0 Å². The minimum absolute atomic E-state index is 0.230. The molecule has 0 fully saturated rings. The number of carboxylic acid groups (broad SMARTS) is 1. The van der Waals surface area contributed by atoms with Gasteiger partial charge in [-0.05, 0) is 30.3 Å². The van der Waals surface area contributed by atoms with Crippen molar-refractivity contribution in [2.24, 2.45) is 0 Å².